The Morgan fingerprint density at radius 1 is 1.55 bits per heavy atom. The SMILES string of the molecule is COCC(N)C1=N[C@@]2(c3ccccc3Cl)CCC[C@@H](O1)C2=O. The van der Waals surface area contributed by atoms with Crippen LogP contribution in [0, 0.1) is 0 Å². The van der Waals surface area contributed by atoms with Crippen molar-refractivity contribution in [3.8, 4) is 0 Å². The standard InChI is InChI=1S/C16H19ClN2O3/c1-21-9-12(18)15-19-16(10-5-2-3-6-11(10)17)8-4-7-13(22-15)14(16)20/h2-3,5-6,12-13H,4,7-9,18H2,1H3/t12?,13-,16-/m1/s1. The van der Waals surface area contributed by atoms with Gasteiger partial charge < -0.3 is 15.2 Å². The van der Waals surface area contributed by atoms with E-state index >= 15 is 0 Å². The minimum atomic E-state index is -0.972. The number of Topliss-reactive ketones (excluding diaryl/α,β-unsaturated/α-hetero) is 1. The quantitative estimate of drug-likeness (QED) is 0.920. The monoisotopic (exact) mass is 322 g/mol. The van der Waals surface area contributed by atoms with E-state index in [1.54, 1.807) is 13.2 Å². The zero-order valence-electron chi connectivity index (χ0n) is 12.4. The second kappa shape index (κ2) is 5.99. The van der Waals surface area contributed by atoms with Crippen LogP contribution in [-0.4, -0.2) is 37.5 Å². The van der Waals surface area contributed by atoms with E-state index in [1.807, 2.05) is 18.2 Å². The van der Waals surface area contributed by atoms with Crippen LogP contribution < -0.4 is 5.73 Å². The fourth-order valence-electron chi connectivity index (χ4n) is 3.19. The van der Waals surface area contributed by atoms with E-state index < -0.39 is 17.7 Å². The molecule has 22 heavy (non-hydrogen) atoms. The molecule has 2 bridgehead atoms. The van der Waals surface area contributed by atoms with E-state index in [0.717, 1.165) is 12.0 Å². The number of benzene rings is 1. The number of fused-ring (bicyclic) bond motifs is 2. The van der Waals surface area contributed by atoms with Crippen molar-refractivity contribution in [2.45, 2.75) is 36.9 Å². The van der Waals surface area contributed by atoms with Gasteiger partial charge in [-0.15, -0.1) is 0 Å². The number of carbonyl (C=O) groups is 1. The third kappa shape index (κ3) is 2.43. The van der Waals surface area contributed by atoms with Gasteiger partial charge in [-0.25, -0.2) is 4.99 Å². The second-order valence-corrected chi connectivity index (χ2v) is 6.12. The van der Waals surface area contributed by atoms with Crippen molar-refractivity contribution in [3.63, 3.8) is 0 Å². The molecule has 1 aliphatic heterocycles. The van der Waals surface area contributed by atoms with Crippen LogP contribution in [0.25, 0.3) is 0 Å². The van der Waals surface area contributed by atoms with Gasteiger partial charge in [-0.2, -0.15) is 0 Å². The van der Waals surface area contributed by atoms with Crippen molar-refractivity contribution in [2.24, 2.45) is 10.7 Å². The lowest BCUT2D eigenvalue weighted by atomic mass is 9.74. The Hall–Kier alpha value is -1.43. The summed E-state index contributed by atoms with van der Waals surface area (Å²) in [5, 5.41) is 0.543. The minimum absolute atomic E-state index is 0.0276. The number of rotatable bonds is 4. The van der Waals surface area contributed by atoms with E-state index in [4.69, 9.17) is 26.8 Å². The smallest absolute Gasteiger partial charge is 0.205 e. The van der Waals surface area contributed by atoms with E-state index in [2.05, 4.69) is 4.99 Å². The van der Waals surface area contributed by atoms with Crippen LogP contribution in [0.4, 0.5) is 0 Å². The molecule has 0 amide bonds. The average molecular weight is 323 g/mol. The van der Waals surface area contributed by atoms with Crippen LogP contribution in [0.3, 0.4) is 0 Å². The van der Waals surface area contributed by atoms with Crippen molar-refractivity contribution < 1.29 is 14.3 Å². The molecule has 1 saturated carbocycles. The summed E-state index contributed by atoms with van der Waals surface area (Å²) in [6.07, 6.45) is 1.67. The third-order valence-corrected chi connectivity index (χ3v) is 4.58. The number of methoxy groups -OCH3 is 1. The molecular formula is C16H19ClN2O3. The molecule has 1 heterocycles. The molecule has 6 heteroatoms. The summed E-state index contributed by atoms with van der Waals surface area (Å²) in [5.41, 5.74) is 5.82. The average Bonchev–Trinajstić information content (AvgIpc) is 2.48. The van der Waals surface area contributed by atoms with Gasteiger partial charge in [-0.1, -0.05) is 29.8 Å². The Morgan fingerprint density at radius 3 is 3.05 bits per heavy atom. The molecule has 2 aliphatic rings. The first-order valence-electron chi connectivity index (χ1n) is 7.39. The Kier molecular flexibility index (Phi) is 4.21. The van der Waals surface area contributed by atoms with Gasteiger partial charge in [0.15, 0.2) is 11.6 Å². The van der Waals surface area contributed by atoms with Gasteiger partial charge in [-0.05, 0) is 25.3 Å². The lowest BCUT2D eigenvalue weighted by molar-refractivity contribution is -0.137. The largest absolute Gasteiger partial charge is 0.468 e. The highest BCUT2D eigenvalue weighted by atomic mass is 35.5. The van der Waals surface area contributed by atoms with Crippen molar-refractivity contribution in [2.75, 3.05) is 13.7 Å². The summed E-state index contributed by atoms with van der Waals surface area (Å²) in [6.45, 7) is 0.290. The van der Waals surface area contributed by atoms with Gasteiger partial charge in [-0.3, -0.25) is 4.79 Å². The number of halogens is 1. The molecule has 2 N–H and O–H groups in total. The maximum Gasteiger partial charge on any atom is 0.205 e. The first-order valence-corrected chi connectivity index (χ1v) is 7.76. The fraction of sp³-hybridized carbons (Fsp3) is 0.500. The topological polar surface area (TPSA) is 73.9 Å². The molecule has 1 aromatic carbocycles. The first kappa shape index (κ1) is 15.5. The summed E-state index contributed by atoms with van der Waals surface area (Å²) in [7, 11) is 1.57. The molecular weight excluding hydrogens is 304 g/mol. The molecule has 3 atom stereocenters. The van der Waals surface area contributed by atoms with E-state index in [0.29, 0.717) is 30.4 Å². The number of nitrogens with two attached hydrogens (primary N) is 1. The zero-order valence-corrected chi connectivity index (χ0v) is 13.2. The maximum absolute atomic E-state index is 12.8. The predicted octanol–water partition coefficient (Wildman–Crippen LogP) is 2.06. The summed E-state index contributed by atoms with van der Waals surface area (Å²) in [6, 6.07) is 6.86. The van der Waals surface area contributed by atoms with E-state index in [9.17, 15) is 4.79 Å². The first-order chi connectivity index (χ1) is 10.6. The zero-order chi connectivity index (χ0) is 15.7. The number of hydrogen-bond donors (Lipinski definition) is 1. The van der Waals surface area contributed by atoms with Crippen LogP contribution in [-0.2, 0) is 19.8 Å². The van der Waals surface area contributed by atoms with Crippen LogP contribution in [0.15, 0.2) is 29.3 Å². The molecule has 1 aromatic rings. The highest BCUT2D eigenvalue weighted by Crippen LogP contribution is 2.44. The number of nitrogens with zero attached hydrogens (tertiary/aromatic N) is 1. The summed E-state index contributed by atoms with van der Waals surface area (Å²) in [5.74, 6) is 0.353. The van der Waals surface area contributed by atoms with Crippen molar-refractivity contribution in [3.05, 3.63) is 34.9 Å². The number of carbonyl (C=O) groups excluding carboxylic acids is 1. The molecule has 0 radical (unpaired) electrons. The van der Waals surface area contributed by atoms with Gasteiger partial charge >= 0.3 is 0 Å². The van der Waals surface area contributed by atoms with Crippen molar-refractivity contribution in [1.82, 2.24) is 0 Å². The van der Waals surface area contributed by atoms with Crippen LogP contribution in [0.2, 0.25) is 5.02 Å². The highest BCUT2D eigenvalue weighted by molar-refractivity contribution is 6.32. The molecule has 1 fully saturated rings. The van der Waals surface area contributed by atoms with Crippen molar-refractivity contribution >= 4 is 23.3 Å². The lowest BCUT2D eigenvalue weighted by Crippen LogP contribution is -2.54. The third-order valence-electron chi connectivity index (χ3n) is 4.25. The van der Waals surface area contributed by atoms with E-state index in [-0.39, 0.29) is 5.78 Å². The molecule has 0 saturated heterocycles. The molecule has 118 valence electrons. The van der Waals surface area contributed by atoms with E-state index in [1.165, 1.54) is 0 Å². The maximum atomic E-state index is 12.8. The lowest BCUT2D eigenvalue weighted by Gasteiger charge is -2.42. The Bertz CT molecular complexity index is 619. The van der Waals surface area contributed by atoms with Crippen LogP contribution >= 0.6 is 11.6 Å². The van der Waals surface area contributed by atoms with Gasteiger partial charge in [0, 0.05) is 17.7 Å². The highest BCUT2D eigenvalue weighted by Gasteiger charge is 2.52. The minimum Gasteiger partial charge on any atom is -0.468 e. The van der Waals surface area contributed by atoms with Gasteiger partial charge in [0.25, 0.3) is 0 Å². The summed E-state index contributed by atoms with van der Waals surface area (Å²) in [4.78, 5) is 17.5. The molecule has 0 spiro atoms. The fourth-order valence-corrected chi connectivity index (χ4v) is 3.49. The molecule has 1 aliphatic carbocycles. The Morgan fingerprint density at radius 2 is 2.32 bits per heavy atom. The van der Waals surface area contributed by atoms with Gasteiger partial charge in [0.2, 0.25) is 11.7 Å². The molecule has 5 nitrogen and oxygen atoms in total. The number of ketones is 1. The summed E-state index contributed by atoms with van der Waals surface area (Å²) < 4.78 is 10.8. The van der Waals surface area contributed by atoms with Crippen LogP contribution in [0.5, 0.6) is 0 Å². The summed E-state index contributed by atoms with van der Waals surface area (Å²) >= 11 is 6.33. The number of hydrogen-bond acceptors (Lipinski definition) is 5. The Labute approximate surface area is 134 Å². The van der Waals surface area contributed by atoms with Crippen LogP contribution in [0.1, 0.15) is 24.8 Å². The molecule has 1 unspecified atom stereocenters. The second-order valence-electron chi connectivity index (χ2n) is 5.71. The predicted molar refractivity (Wildman–Crippen MR) is 84.1 cm³/mol. The molecule has 0 aromatic heterocycles. The van der Waals surface area contributed by atoms with Gasteiger partial charge in [0.1, 0.15) is 6.04 Å². The number of ether oxygens (including phenoxy) is 2. The Balaban J connectivity index is 2.10. The van der Waals surface area contributed by atoms with Crippen molar-refractivity contribution in [1.29, 1.82) is 0 Å². The molecule has 3 rings (SSSR count). The normalized spacial score (nSPS) is 28.8. The number of aliphatic imine (C=N–C) groups is 1. The van der Waals surface area contributed by atoms with Gasteiger partial charge in [0.05, 0.1) is 6.61 Å².